The molecule has 0 aromatic heterocycles. The average Bonchev–Trinajstić information content (AvgIpc) is 2.59. The van der Waals surface area contributed by atoms with E-state index < -0.39 is 0 Å². The lowest BCUT2D eigenvalue weighted by molar-refractivity contribution is 1.29. The molecule has 0 heteroatoms. The van der Waals surface area contributed by atoms with Crippen molar-refractivity contribution in [3.05, 3.63) is 94.1 Å². The maximum atomic E-state index is 2.23. The molecule has 0 aliphatic heterocycles. The van der Waals surface area contributed by atoms with Crippen LogP contribution >= 0.6 is 0 Å². The monoisotopic (exact) mass is 316 g/mol. The molecule has 0 spiro atoms. The van der Waals surface area contributed by atoms with Crippen molar-refractivity contribution < 1.29 is 0 Å². The fourth-order valence-corrected chi connectivity index (χ4v) is 3.01. The lowest BCUT2D eigenvalue weighted by Crippen LogP contribution is -1.97. The largest absolute Gasteiger partial charge is 0.0795 e. The summed E-state index contributed by atoms with van der Waals surface area (Å²) in [4.78, 5) is 0. The number of hydrogen-bond acceptors (Lipinski definition) is 0. The maximum absolute atomic E-state index is 2.23. The standard InChI is InChI=1S/C24H28/c1-7-21(19(6)17(3)4)23-11-9-10-12-24(23)22(8-2)20-15-13-18(5)14-16-20/h7-16H,1-6H3/b21-7+,22-8-. The molecule has 0 atom stereocenters. The number of rotatable bonds is 4. The highest BCUT2D eigenvalue weighted by molar-refractivity contribution is 5.90. The fraction of sp³-hybridized carbons (Fsp3) is 0.250. The quantitative estimate of drug-likeness (QED) is 0.523. The van der Waals surface area contributed by atoms with Gasteiger partial charge in [0.1, 0.15) is 0 Å². The molecule has 2 aromatic rings. The Balaban J connectivity index is 2.64. The first-order valence-electron chi connectivity index (χ1n) is 8.63. The molecular formula is C24H28. The van der Waals surface area contributed by atoms with Crippen molar-refractivity contribution in [2.45, 2.75) is 41.5 Å². The van der Waals surface area contributed by atoms with Gasteiger partial charge in [0.15, 0.2) is 0 Å². The Morgan fingerprint density at radius 1 is 0.750 bits per heavy atom. The number of benzene rings is 2. The molecule has 0 saturated carbocycles. The molecule has 0 heterocycles. The van der Waals surface area contributed by atoms with Crippen molar-refractivity contribution in [1.82, 2.24) is 0 Å². The van der Waals surface area contributed by atoms with E-state index in [0.717, 1.165) is 0 Å². The van der Waals surface area contributed by atoms with Crippen molar-refractivity contribution in [3.8, 4) is 0 Å². The third-order valence-corrected chi connectivity index (χ3v) is 4.60. The molecule has 0 radical (unpaired) electrons. The van der Waals surface area contributed by atoms with Gasteiger partial charge in [-0.2, -0.15) is 0 Å². The zero-order valence-corrected chi connectivity index (χ0v) is 15.8. The Hall–Kier alpha value is -2.34. The summed E-state index contributed by atoms with van der Waals surface area (Å²) in [5.41, 5.74) is 10.4. The minimum atomic E-state index is 1.26. The predicted molar refractivity (Wildman–Crippen MR) is 108 cm³/mol. The van der Waals surface area contributed by atoms with Gasteiger partial charge >= 0.3 is 0 Å². The number of hydrogen-bond donors (Lipinski definition) is 0. The summed E-state index contributed by atoms with van der Waals surface area (Å²) in [6, 6.07) is 17.5. The Kier molecular flexibility index (Phi) is 5.98. The Labute approximate surface area is 147 Å². The molecule has 0 amide bonds. The highest BCUT2D eigenvalue weighted by atomic mass is 14.2. The van der Waals surface area contributed by atoms with Crippen LogP contribution in [0.25, 0.3) is 11.1 Å². The molecule has 0 fully saturated rings. The minimum Gasteiger partial charge on any atom is -0.0795 e. The Morgan fingerprint density at radius 2 is 1.33 bits per heavy atom. The third kappa shape index (κ3) is 3.76. The van der Waals surface area contributed by atoms with Crippen molar-refractivity contribution in [2.24, 2.45) is 0 Å². The van der Waals surface area contributed by atoms with E-state index in [4.69, 9.17) is 0 Å². The second kappa shape index (κ2) is 7.97. The van der Waals surface area contributed by atoms with Crippen molar-refractivity contribution >= 4 is 11.1 Å². The molecule has 0 unspecified atom stereocenters. The normalized spacial score (nSPS) is 12.2. The van der Waals surface area contributed by atoms with Crippen molar-refractivity contribution in [3.63, 3.8) is 0 Å². The second-order valence-electron chi connectivity index (χ2n) is 6.44. The SMILES string of the molecule is C/C=C(\C(C)=C(C)C)c1ccccc1/C(=C\C)c1ccc(C)cc1. The molecular weight excluding hydrogens is 288 g/mol. The predicted octanol–water partition coefficient (Wildman–Crippen LogP) is 7.21. The van der Waals surface area contributed by atoms with Gasteiger partial charge in [0.2, 0.25) is 0 Å². The van der Waals surface area contributed by atoms with E-state index in [1.807, 2.05) is 0 Å². The van der Waals surface area contributed by atoms with E-state index in [-0.39, 0.29) is 0 Å². The maximum Gasteiger partial charge on any atom is -0.0103 e. The van der Waals surface area contributed by atoms with Crippen molar-refractivity contribution in [2.75, 3.05) is 0 Å². The summed E-state index contributed by atoms with van der Waals surface area (Å²) < 4.78 is 0. The van der Waals surface area contributed by atoms with Gasteiger partial charge in [0, 0.05) is 0 Å². The number of allylic oxidation sites excluding steroid dienone is 5. The lowest BCUT2D eigenvalue weighted by atomic mass is 9.87. The summed E-state index contributed by atoms with van der Waals surface area (Å²) in [6.07, 6.45) is 4.44. The van der Waals surface area contributed by atoms with Gasteiger partial charge in [-0.1, -0.05) is 71.8 Å². The second-order valence-corrected chi connectivity index (χ2v) is 6.44. The Bertz CT molecular complexity index is 792. The van der Waals surface area contributed by atoms with Gasteiger partial charge in [-0.3, -0.25) is 0 Å². The van der Waals surface area contributed by atoms with Crippen LogP contribution in [0, 0.1) is 6.92 Å². The van der Waals surface area contributed by atoms with Crippen LogP contribution in [-0.2, 0) is 0 Å². The smallest absolute Gasteiger partial charge is 0.0103 e. The van der Waals surface area contributed by atoms with E-state index in [1.54, 1.807) is 0 Å². The van der Waals surface area contributed by atoms with Gasteiger partial charge in [0.05, 0.1) is 0 Å². The zero-order chi connectivity index (χ0) is 17.7. The van der Waals surface area contributed by atoms with Crippen LogP contribution in [0.1, 0.15) is 56.9 Å². The minimum absolute atomic E-state index is 1.26. The summed E-state index contributed by atoms with van der Waals surface area (Å²) in [7, 11) is 0. The number of aryl methyl sites for hydroxylation is 1. The molecule has 124 valence electrons. The molecule has 0 aliphatic rings. The summed E-state index contributed by atoms with van der Waals surface area (Å²) in [5.74, 6) is 0. The molecule has 2 aromatic carbocycles. The lowest BCUT2D eigenvalue weighted by Gasteiger charge is -2.17. The molecule has 0 bridgehead atoms. The van der Waals surface area contributed by atoms with Crippen LogP contribution in [-0.4, -0.2) is 0 Å². The van der Waals surface area contributed by atoms with Crippen LogP contribution in [0.3, 0.4) is 0 Å². The molecule has 0 saturated heterocycles. The van der Waals surface area contributed by atoms with Crippen LogP contribution < -0.4 is 0 Å². The summed E-state index contributed by atoms with van der Waals surface area (Å²) >= 11 is 0. The molecule has 2 rings (SSSR count). The Morgan fingerprint density at radius 3 is 1.83 bits per heavy atom. The first kappa shape index (κ1) is 18.0. The van der Waals surface area contributed by atoms with Crippen LogP contribution in [0.15, 0.2) is 71.8 Å². The van der Waals surface area contributed by atoms with Crippen LogP contribution in [0.5, 0.6) is 0 Å². The van der Waals surface area contributed by atoms with Gasteiger partial charge in [0.25, 0.3) is 0 Å². The van der Waals surface area contributed by atoms with E-state index >= 15 is 0 Å². The first-order valence-corrected chi connectivity index (χ1v) is 8.63. The average molecular weight is 316 g/mol. The zero-order valence-electron chi connectivity index (χ0n) is 15.8. The van der Waals surface area contributed by atoms with E-state index in [2.05, 4.69) is 102 Å². The van der Waals surface area contributed by atoms with E-state index in [9.17, 15) is 0 Å². The summed E-state index contributed by atoms with van der Waals surface area (Å²) in [6.45, 7) is 12.9. The van der Waals surface area contributed by atoms with Gasteiger partial charge < -0.3 is 0 Å². The topological polar surface area (TPSA) is 0 Å². The van der Waals surface area contributed by atoms with E-state index in [1.165, 1.54) is 44.5 Å². The fourth-order valence-electron chi connectivity index (χ4n) is 3.01. The molecule has 0 nitrogen and oxygen atoms in total. The third-order valence-electron chi connectivity index (χ3n) is 4.60. The molecule has 0 aliphatic carbocycles. The van der Waals surface area contributed by atoms with Crippen LogP contribution in [0.4, 0.5) is 0 Å². The van der Waals surface area contributed by atoms with Crippen LogP contribution in [0.2, 0.25) is 0 Å². The highest BCUT2D eigenvalue weighted by Gasteiger charge is 2.13. The van der Waals surface area contributed by atoms with Gasteiger partial charge in [-0.25, -0.2) is 0 Å². The molecule has 24 heavy (non-hydrogen) atoms. The molecule has 0 N–H and O–H groups in total. The summed E-state index contributed by atoms with van der Waals surface area (Å²) in [5, 5.41) is 0. The van der Waals surface area contributed by atoms with Gasteiger partial charge in [-0.15, -0.1) is 0 Å². The highest BCUT2D eigenvalue weighted by Crippen LogP contribution is 2.34. The van der Waals surface area contributed by atoms with Crippen molar-refractivity contribution in [1.29, 1.82) is 0 Å². The van der Waals surface area contributed by atoms with E-state index in [0.29, 0.717) is 0 Å². The first-order chi connectivity index (χ1) is 11.5. The van der Waals surface area contributed by atoms with Gasteiger partial charge in [-0.05, 0) is 75.0 Å².